The summed E-state index contributed by atoms with van der Waals surface area (Å²) in [6, 6.07) is -0.128. The minimum atomic E-state index is -0.977. The van der Waals surface area contributed by atoms with E-state index in [1.807, 2.05) is 6.92 Å². The van der Waals surface area contributed by atoms with E-state index in [0.29, 0.717) is 6.42 Å². The molecule has 13 heavy (non-hydrogen) atoms. The molecule has 1 fully saturated rings. The lowest BCUT2D eigenvalue weighted by Gasteiger charge is -2.39. The van der Waals surface area contributed by atoms with Crippen molar-refractivity contribution in [3.05, 3.63) is 0 Å². The Morgan fingerprint density at radius 3 is 2.23 bits per heavy atom. The van der Waals surface area contributed by atoms with Gasteiger partial charge in [0.25, 0.3) is 0 Å². The molecule has 5 atom stereocenters. The molecule has 0 bridgehead atoms. The normalized spacial score (nSPS) is 46.4. The van der Waals surface area contributed by atoms with Gasteiger partial charge in [-0.1, -0.05) is 6.92 Å². The number of rotatable bonds is 2. The number of ether oxygens (including phenoxy) is 2. The largest absolute Gasteiger partial charge is 0.377 e. The topological polar surface area (TPSA) is 44.5 Å². The van der Waals surface area contributed by atoms with Crippen LogP contribution in [0.1, 0.15) is 13.3 Å². The van der Waals surface area contributed by atoms with E-state index < -0.39 is 12.3 Å². The van der Waals surface area contributed by atoms with E-state index in [4.69, 9.17) is 15.2 Å². The van der Waals surface area contributed by atoms with Crippen LogP contribution in [0.4, 0.5) is 4.39 Å². The Balaban J connectivity index is 2.71. The van der Waals surface area contributed by atoms with Crippen LogP contribution in [-0.2, 0) is 9.47 Å². The Hall–Kier alpha value is -0.190. The number of nitrogens with two attached hydrogens (primary N) is 1. The van der Waals surface area contributed by atoms with Gasteiger partial charge in [-0.25, -0.2) is 4.39 Å². The standard InChI is InChI=1S/C9H18FNO2/c1-5-4-6(11)8(12-2)9(13-3)7(5)10/h5-9H,4,11H2,1-3H3/t5-,6+,7?,8-,9-/m1/s1. The Morgan fingerprint density at radius 1 is 1.23 bits per heavy atom. The number of methoxy groups -OCH3 is 2. The van der Waals surface area contributed by atoms with Crippen LogP contribution in [-0.4, -0.2) is 38.6 Å². The molecule has 0 heterocycles. The predicted octanol–water partition coefficient (Wildman–Crippen LogP) is 0.722. The molecule has 0 amide bonds. The van der Waals surface area contributed by atoms with Crippen molar-refractivity contribution in [3.8, 4) is 0 Å². The van der Waals surface area contributed by atoms with Crippen LogP contribution in [0.5, 0.6) is 0 Å². The molecule has 0 aromatic rings. The van der Waals surface area contributed by atoms with Crippen molar-refractivity contribution in [2.45, 2.75) is 37.8 Å². The molecule has 1 saturated carbocycles. The molecule has 0 aromatic heterocycles. The van der Waals surface area contributed by atoms with Crippen molar-refractivity contribution in [3.63, 3.8) is 0 Å². The maximum absolute atomic E-state index is 13.6. The van der Waals surface area contributed by atoms with Crippen molar-refractivity contribution in [1.82, 2.24) is 0 Å². The van der Waals surface area contributed by atoms with Gasteiger partial charge in [-0.2, -0.15) is 0 Å². The van der Waals surface area contributed by atoms with Gasteiger partial charge in [-0.3, -0.25) is 0 Å². The number of hydrogen-bond acceptors (Lipinski definition) is 3. The van der Waals surface area contributed by atoms with E-state index in [1.54, 1.807) is 7.11 Å². The highest BCUT2D eigenvalue weighted by Crippen LogP contribution is 2.29. The third-order valence-electron chi connectivity index (χ3n) is 2.79. The molecule has 1 unspecified atom stereocenters. The fourth-order valence-corrected chi connectivity index (χ4v) is 2.02. The molecule has 0 aliphatic heterocycles. The molecule has 3 nitrogen and oxygen atoms in total. The van der Waals surface area contributed by atoms with Crippen LogP contribution in [0.25, 0.3) is 0 Å². The minimum Gasteiger partial charge on any atom is -0.377 e. The molecule has 0 aromatic carbocycles. The molecule has 0 saturated heterocycles. The summed E-state index contributed by atoms with van der Waals surface area (Å²) in [4.78, 5) is 0. The molecule has 1 aliphatic carbocycles. The SMILES string of the molecule is CO[C@H]1[C@H](OC)C(F)[C@H](C)C[C@@H]1N. The lowest BCUT2D eigenvalue weighted by Crippen LogP contribution is -2.56. The quantitative estimate of drug-likeness (QED) is 0.699. The lowest BCUT2D eigenvalue weighted by atomic mass is 9.81. The maximum atomic E-state index is 13.6. The second kappa shape index (κ2) is 4.35. The van der Waals surface area contributed by atoms with Gasteiger partial charge in [-0.15, -0.1) is 0 Å². The van der Waals surface area contributed by atoms with Crippen molar-refractivity contribution in [2.24, 2.45) is 11.7 Å². The lowest BCUT2D eigenvalue weighted by molar-refractivity contribution is -0.118. The van der Waals surface area contributed by atoms with E-state index in [0.717, 1.165) is 0 Å². The van der Waals surface area contributed by atoms with Crippen molar-refractivity contribution in [1.29, 1.82) is 0 Å². The van der Waals surface area contributed by atoms with Gasteiger partial charge >= 0.3 is 0 Å². The monoisotopic (exact) mass is 191 g/mol. The molecule has 1 rings (SSSR count). The van der Waals surface area contributed by atoms with Crippen LogP contribution >= 0.6 is 0 Å². The highest BCUT2D eigenvalue weighted by atomic mass is 19.1. The fourth-order valence-electron chi connectivity index (χ4n) is 2.02. The highest BCUT2D eigenvalue weighted by Gasteiger charge is 2.42. The highest BCUT2D eigenvalue weighted by molar-refractivity contribution is 4.95. The molecule has 2 N–H and O–H groups in total. The van der Waals surface area contributed by atoms with E-state index in [-0.39, 0.29) is 18.1 Å². The fraction of sp³-hybridized carbons (Fsp3) is 1.00. The van der Waals surface area contributed by atoms with Gasteiger partial charge in [0.15, 0.2) is 0 Å². The van der Waals surface area contributed by atoms with Gasteiger partial charge in [-0.05, 0) is 12.3 Å². The summed E-state index contributed by atoms with van der Waals surface area (Å²) < 4.78 is 23.8. The van der Waals surface area contributed by atoms with E-state index in [2.05, 4.69) is 0 Å². The van der Waals surface area contributed by atoms with E-state index >= 15 is 0 Å². The summed E-state index contributed by atoms with van der Waals surface area (Å²) in [5, 5.41) is 0. The molecular formula is C9H18FNO2. The molecule has 4 heteroatoms. The number of halogens is 1. The summed E-state index contributed by atoms with van der Waals surface area (Å²) in [6.07, 6.45) is -1.17. The zero-order valence-electron chi connectivity index (χ0n) is 8.37. The van der Waals surface area contributed by atoms with E-state index in [9.17, 15) is 4.39 Å². The zero-order chi connectivity index (χ0) is 10.0. The van der Waals surface area contributed by atoms with Crippen LogP contribution < -0.4 is 5.73 Å². The average molecular weight is 191 g/mol. The Bertz CT molecular complexity index is 168. The first-order valence-electron chi connectivity index (χ1n) is 4.57. The van der Waals surface area contributed by atoms with Gasteiger partial charge in [0.2, 0.25) is 0 Å². The van der Waals surface area contributed by atoms with Crippen molar-refractivity contribution in [2.75, 3.05) is 14.2 Å². The van der Waals surface area contributed by atoms with Crippen LogP contribution in [0.2, 0.25) is 0 Å². The van der Waals surface area contributed by atoms with Crippen molar-refractivity contribution >= 4 is 0 Å². The zero-order valence-corrected chi connectivity index (χ0v) is 8.37. The summed E-state index contributed by atoms with van der Waals surface area (Å²) in [6.45, 7) is 1.85. The Labute approximate surface area is 78.4 Å². The maximum Gasteiger partial charge on any atom is 0.131 e. The summed E-state index contributed by atoms with van der Waals surface area (Å²) >= 11 is 0. The third-order valence-corrected chi connectivity index (χ3v) is 2.79. The summed E-state index contributed by atoms with van der Waals surface area (Å²) in [5.74, 6) is -0.0497. The first-order valence-corrected chi connectivity index (χ1v) is 4.57. The van der Waals surface area contributed by atoms with E-state index in [1.165, 1.54) is 7.11 Å². The van der Waals surface area contributed by atoms with Crippen LogP contribution in [0.3, 0.4) is 0 Å². The average Bonchev–Trinajstić information content (AvgIpc) is 2.10. The molecule has 78 valence electrons. The second-order valence-electron chi connectivity index (χ2n) is 3.72. The molecule has 0 spiro atoms. The minimum absolute atomic E-state index is 0.0497. The van der Waals surface area contributed by atoms with Gasteiger partial charge in [0, 0.05) is 20.3 Å². The van der Waals surface area contributed by atoms with Crippen LogP contribution in [0.15, 0.2) is 0 Å². The Kier molecular flexibility index (Phi) is 3.64. The van der Waals surface area contributed by atoms with Gasteiger partial charge in [0.05, 0.1) is 0 Å². The van der Waals surface area contributed by atoms with Gasteiger partial charge in [0.1, 0.15) is 18.4 Å². The number of hydrogen-bond donors (Lipinski definition) is 1. The Morgan fingerprint density at radius 2 is 1.77 bits per heavy atom. The number of alkyl halides is 1. The second-order valence-corrected chi connectivity index (χ2v) is 3.72. The summed E-state index contributed by atoms with van der Waals surface area (Å²) in [7, 11) is 3.04. The third kappa shape index (κ3) is 2.00. The smallest absolute Gasteiger partial charge is 0.131 e. The van der Waals surface area contributed by atoms with Crippen molar-refractivity contribution < 1.29 is 13.9 Å². The first-order chi connectivity index (χ1) is 6.11. The van der Waals surface area contributed by atoms with Crippen LogP contribution in [0, 0.1) is 5.92 Å². The molecule has 1 aliphatic rings. The summed E-state index contributed by atoms with van der Waals surface area (Å²) in [5.41, 5.74) is 5.84. The van der Waals surface area contributed by atoms with Gasteiger partial charge < -0.3 is 15.2 Å². The first kappa shape index (κ1) is 10.9. The predicted molar refractivity (Wildman–Crippen MR) is 48.2 cm³/mol. The molecule has 0 radical (unpaired) electrons. The molecular weight excluding hydrogens is 173 g/mol.